The van der Waals surface area contributed by atoms with E-state index < -0.39 is 0 Å². The van der Waals surface area contributed by atoms with E-state index in [0.29, 0.717) is 23.2 Å². The fourth-order valence-corrected chi connectivity index (χ4v) is 3.78. The summed E-state index contributed by atoms with van der Waals surface area (Å²) in [7, 11) is 0. The number of hydrogen-bond acceptors (Lipinski definition) is 5. The molecule has 0 radical (unpaired) electrons. The molecule has 4 heterocycles. The fourth-order valence-electron chi connectivity index (χ4n) is 3.78. The van der Waals surface area contributed by atoms with E-state index in [4.69, 9.17) is 4.74 Å². The molecule has 1 amide bonds. The summed E-state index contributed by atoms with van der Waals surface area (Å²) < 4.78 is 7.11. The number of aryl methyl sites for hydroxylation is 1. The Hall–Kier alpha value is -1.99. The van der Waals surface area contributed by atoms with Gasteiger partial charge in [0.25, 0.3) is 5.91 Å². The highest BCUT2D eigenvalue weighted by atomic mass is 16.5. The van der Waals surface area contributed by atoms with Gasteiger partial charge in [0.15, 0.2) is 5.65 Å². The van der Waals surface area contributed by atoms with Crippen LogP contribution in [-0.4, -0.2) is 75.7 Å². The number of rotatable bonds is 2. The maximum atomic E-state index is 13.0. The molecule has 0 bridgehead atoms. The van der Waals surface area contributed by atoms with Crippen LogP contribution in [0.2, 0.25) is 0 Å². The quantitative estimate of drug-likeness (QED) is 0.817. The largest absolute Gasteiger partial charge is 0.379 e. The van der Waals surface area contributed by atoms with Crippen LogP contribution in [0.4, 0.5) is 0 Å². The van der Waals surface area contributed by atoms with Gasteiger partial charge < -0.3 is 9.64 Å². The van der Waals surface area contributed by atoms with Crippen LogP contribution in [0.5, 0.6) is 0 Å². The third-order valence-electron chi connectivity index (χ3n) is 5.11. The lowest BCUT2D eigenvalue weighted by Crippen LogP contribution is -2.47. The van der Waals surface area contributed by atoms with E-state index in [0.717, 1.165) is 45.1 Å². The van der Waals surface area contributed by atoms with E-state index in [9.17, 15) is 4.79 Å². The van der Waals surface area contributed by atoms with Crippen LogP contribution in [0.25, 0.3) is 5.65 Å². The standard InChI is InChI=1S/C17H23N5O2/c1-12-10-21(11-15(12)20-5-7-24-8-6-20)17(23)14-9-18-22-4-3-13(2)19-16(14)22/h3-4,9,12,15H,5-8,10-11H2,1-2H3/t12-,15+/m0/s1. The fraction of sp³-hybridized carbons (Fsp3) is 0.588. The first kappa shape index (κ1) is 15.5. The number of fused-ring (bicyclic) bond motifs is 1. The molecule has 0 N–H and O–H groups in total. The van der Waals surface area contributed by atoms with E-state index >= 15 is 0 Å². The predicted molar refractivity (Wildman–Crippen MR) is 89.0 cm³/mol. The Morgan fingerprint density at radius 1 is 1.29 bits per heavy atom. The second-order valence-corrected chi connectivity index (χ2v) is 6.80. The Labute approximate surface area is 141 Å². The van der Waals surface area contributed by atoms with Crippen LogP contribution in [0, 0.1) is 12.8 Å². The van der Waals surface area contributed by atoms with Gasteiger partial charge in [-0.1, -0.05) is 6.92 Å². The van der Waals surface area contributed by atoms with Gasteiger partial charge in [-0.15, -0.1) is 0 Å². The molecule has 24 heavy (non-hydrogen) atoms. The van der Waals surface area contributed by atoms with Gasteiger partial charge in [-0.25, -0.2) is 9.50 Å². The molecule has 128 valence electrons. The molecule has 0 unspecified atom stereocenters. The van der Waals surface area contributed by atoms with Gasteiger partial charge in [0.05, 0.1) is 19.4 Å². The highest BCUT2D eigenvalue weighted by molar-refractivity contribution is 5.99. The minimum atomic E-state index is 0.0331. The highest BCUT2D eigenvalue weighted by Crippen LogP contribution is 2.25. The molecule has 2 aromatic rings. The lowest BCUT2D eigenvalue weighted by Gasteiger charge is -2.33. The number of amides is 1. The van der Waals surface area contributed by atoms with Gasteiger partial charge in [-0.05, 0) is 18.9 Å². The number of carbonyl (C=O) groups excluding carboxylic acids is 1. The van der Waals surface area contributed by atoms with Crippen LogP contribution in [0.3, 0.4) is 0 Å². The second kappa shape index (κ2) is 6.14. The Bertz CT molecular complexity index is 753. The number of nitrogens with zero attached hydrogens (tertiary/aromatic N) is 5. The van der Waals surface area contributed by atoms with Crippen LogP contribution in [0.15, 0.2) is 18.5 Å². The molecule has 2 saturated heterocycles. The number of carbonyl (C=O) groups is 1. The van der Waals surface area contributed by atoms with E-state index in [1.165, 1.54) is 0 Å². The predicted octanol–water partition coefficient (Wildman–Crippen LogP) is 0.830. The van der Waals surface area contributed by atoms with Crippen molar-refractivity contribution >= 4 is 11.6 Å². The van der Waals surface area contributed by atoms with Gasteiger partial charge in [0, 0.05) is 44.1 Å². The Morgan fingerprint density at radius 3 is 2.88 bits per heavy atom. The molecular formula is C17H23N5O2. The molecule has 0 spiro atoms. The van der Waals surface area contributed by atoms with Gasteiger partial charge in [0.1, 0.15) is 5.56 Å². The smallest absolute Gasteiger partial charge is 0.259 e. The average Bonchev–Trinajstić information content (AvgIpc) is 3.18. The summed E-state index contributed by atoms with van der Waals surface area (Å²) in [5.74, 6) is 0.495. The third-order valence-corrected chi connectivity index (χ3v) is 5.11. The molecular weight excluding hydrogens is 306 g/mol. The average molecular weight is 329 g/mol. The molecule has 7 nitrogen and oxygen atoms in total. The number of aromatic nitrogens is 3. The van der Waals surface area contributed by atoms with Crippen molar-refractivity contribution < 1.29 is 9.53 Å². The number of morpholine rings is 1. The van der Waals surface area contributed by atoms with Crippen molar-refractivity contribution in [2.75, 3.05) is 39.4 Å². The lowest BCUT2D eigenvalue weighted by atomic mass is 10.0. The highest BCUT2D eigenvalue weighted by Gasteiger charge is 2.37. The molecule has 2 aromatic heterocycles. The van der Waals surface area contributed by atoms with E-state index in [1.807, 2.05) is 24.1 Å². The minimum absolute atomic E-state index is 0.0331. The molecule has 7 heteroatoms. The maximum Gasteiger partial charge on any atom is 0.259 e. The monoisotopic (exact) mass is 329 g/mol. The Morgan fingerprint density at radius 2 is 2.08 bits per heavy atom. The zero-order valence-electron chi connectivity index (χ0n) is 14.2. The number of hydrogen-bond donors (Lipinski definition) is 0. The van der Waals surface area contributed by atoms with E-state index in [-0.39, 0.29) is 5.91 Å². The van der Waals surface area contributed by atoms with E-state index in [2.05, 4.69) is 21.9 Å². The molecule has 4 rings (SSSR count). The lowest BCUT2D eigenvalue weighted by molar-refractivity contribution is 0.0119. The Kier molecular flexibility index (Phi) is 3.97. The van der Waals surface area contributed by atoms with Gasteiger partial charge >= 0.3 is 0 Å². The molecule has 0 aromatic carbocycles. The molecule has 2 fully saturated rings. The molecule has 2 aliphatic heterocycles. The summed E-state index contributed by atoms with van der Waals surface area (Å²) in [5.41, 5.74) is 2.12. The van der Waals surface area contributed by atoms with Crippen molar-refractivity contribution in [3.05, 3.63) is 29.7 Å². The van der Waals surface area contributed by atoms with Gasteiger partial charge in [0.2, 0.25) is 0 Å². The third kappa shape index (κ3) is 2.67. The molecule has 0 aliphatic carbocycles. The van der Waals surface area contributed by atoms with Crippen LogP contribution in [0.1, 0.15) is 23.0 Å². The summed E-state index contributed by atoms with van der Waals surface area (Å²) in [5, 5.41) is 4.26. The Balaban J connectivity index is 1.55. The maximum absolute atomic E-state index is 13.0. The van der Waals surface area contributed by atoms with Crippen LogP contribution < -0.4 is 0 Å². The summed E-state index contributed by atoms with van der Waals surface area (Å²) in [6.45, 7) is 9.18. The topological polar surface area (TPSA) is 63.0 Å². The summed E-state index contributed by atoms with van der Waals surface area (Å²) >= 11 is 0. The summed E-state index contributed by atoms with van der Waals surface area (Å²) in [6, 6.07) is 2.30. The van der Waals surface area contributed by atoms with Crippen molar-refractivity contribution in [1.82, 2.24) is 24.4 Å². The van der Waals surface area contributed by atoms with Crippen molar-refractivity contribution in [3.8, 4) is 0 Å². The second-order valence-electron chi connectivity index (χ2n) is 6.80. The normalized spacial score (nSPS) is 25.5. The number of ether oxygens (including phenoxy) is 1. The first-order valence-corrected chi connectivity index (χ1v) is 8.55. The van der Waals surface area contributed by atoms with Crippen molar-refractivity contribution in [3.63, 3.8) is 0 Å². The van der Waals surface area contributed by atoms with Crippen molar-refractivity contribution in [1.29, 1.82) is 0 Å². The first-order valence-electron chi connectivity index (χ1n) is 8.55. The van der Waals surface area contributed by atoms with Gasteiger partial charge in [-0.2, -0.15) is 5.10 Å². The van der Waals surface area contributed by atoms with Crippen molar-refractivity contribution in [2.24, 2.45) is 5.92 Å². The van der Waals surface area contributed by atoms with Crippen LogP contribution >= 0.6 is 0 Å². The SMILES string of the molecule is Cc1ccn2ncc(C(=O)N3C[C@@H](N4CCOCC4)[C@@H](C)C3)c2n1. The summed E-state index contributed by atoms with van der Waals surface area (Å²) in [6.07, 6.45) is 3.48. The zero-order chi connectivity index (χ0) is 16.7. The number of likely N-dealkylation sites (tertiary alicyclic amines) is 1. The van der Waals surface area contributed by atoms with Gasteiger partial charge in [-0.3, -0.25) is 9.69 Å². The van der Waals surface area contributed by atoms with Crippen molar-refractivity contribution in [2.45, 2.75) is 19.9 Å². The molecule has 0 saturated carbocycles. The summed E-state index contributed by atoms with van der Waals surface area (Å²) in [4.78, 5) is 21.9. The van der Waals surface area contributed by atoms with E-state index in [1.54, 1.807) is 10.7 Å². The minimum Gasteiger partial charge on any atom is -0.379 e. The zero-order valence-corrected chi connectivity index (χ0v) is 14.2. The van der Waals surface area contributed by atoms with Crippen LogP contribution in [-0.2, 0) is 4.74 Å². The molecule has 2 aliphatic rings. The first-order chi connectivity index (χ1) is 11.6. The molecule has 2 atom stereocenters.